The van der Waals surface area contributed by atoms with Crippen molar-refractivity contribution in [2.24, 2.45) is 0 Å². The Hall–Kier alpha value is -3.31. The van der Waals surface area contributed by atoms with Gasteiger partial charge in [-0.15, -0.1) is 0 Å². The van der Waals surface area contributed by atoms with Gasteiger partial charge in [0.05, 0.1) is 16.6 Å². The van der Waals surface area contributed by atoms with Crippen LogP contribution in [0.2, 0.25) is 0 Å². The number of hydrogen-bond donors (Lipinski definition) is 4. The topological polar surface area (TPSA) is 151 Å². The Morgan fingerprint density at radius 2 is 1.78 bits per heavy atom. The van der Waals surface area contributed by atoms with Crippen molar-refractivity contribution in [3.8, 4) is 11.4 Å². The molecular weight excluding hydrogens is 420 g/mol. The van der Waals surface area contributed by atoms with E-state index < -0.39 is 36.7 Å². The van der Waals surface area contributed by atoms with Crippen LogP contribution in [-0.4, -0.2) is 66.7 Å². The first kappa shape index (κ1) is 21.9. The Kier molecular flexibility index (Phi) is 5.70. The molecule has 4 rings (SSSR count). The molecule has 0 unspecified atom stereocenters. The average Bonchev–Trinajstić information content (AvgIpc) is 2.75. The SMILES string of the molecule is Cc1ccccc1-n1c(C)nc2ccc(O[C@@H]3O[C@H](C(=O)O)[C@@H](O)[C@H](O)[C@H]3O)cc2c1=O. The van der Waals surface area contributed by atoms with E-state index in [-0.39, 0.29) is 16.7 Å². The first-order valence-electron chi connectivity index (χ1n) is 9.87. The maximum Gasteiger partial charge on any atom is 0.335 e. The summed E-state index contributed by atoms with van der Waals surface area (Å²) in [5.74, 6) is -0.928. The number of fused-ring (bicyclic) bond motifs is 1. The van der Waals surface area contributed by atoms with Crippen molar-refractivity contribution >= 4 is 16.9 Å². The molecule has 4 N–H and O–H groups in total. The number of hydrogen-bond acceptors (Lipinski definition) is 8. The van der Waals surface area contributed by atoms with Gasteiger partial charge in [-0.1, -0.05) is 18.2 Å². The largest absolute Gasteiger partial charge is 0.479 e. The highest BCUT2D eigenvalue weighted by Crippen LogP contribution is 2.26. The molecule has 10 heteroatoms. The van der Waals surface area contributed by atoms with E-state index in [0.717, 1.165) is 5.56 Å². The van der Waals surface area contributed by atoms with E-state index in [2.05, 4.69) is 4.98 Å². The minimum absolute atomic E-state index is 0.0911. The van der Waals surface area contributed by atoms with Gasteiger partial charge < -0.3 is 29.9 Å². The van der Waals surface area contributed by atoms with E-state index >= 15 is 0 Å². The lowest BCUT2D eigenvalue weighted by molar-refractivity contribution is -0.271. The first-order valence-corrected chi connectivity index (χ1v) is 9.87. The molecule has 10 nitrogen and oxygen atoms in total. The van der Waals surface area contributed by atoms with Crippen molar-refractivity contribution in [3.05, 3.63) is 64.2 Å². The number of ether oxygens (including phenoxy) is 2. The summed E-state index contributed by atoms with van der Waals surface area (Å²) in [5.41, 5.74) is 1.66. The molecule has 32 heavy (non-hydrogen) atoms. The molecule has 3 aromatic rings. The standard InChI is InChI=1S/C22H22N2O8/c1-10-5-3-4-6-15(10)24-11(2)23-14-8-7-12(9-13(14)20(24)28)31-22-18(27)16(25)17(26)19(32-22)21(29)30/h3-9,16-19,22,25-27H,1-2H3,(H,29,30)/t16-,17-,18+,19-,22+/m0/s1. The fourth-order valence-electron chi connectivity index (χ4n) is 3.73. The molecule has 1 aliphatic heterocycles. The molecule has 0 saturated carbocycles. The van der Waals surface area contributed by atoms with E-state index in [0.29, 0.717) is 17.0 Å². The minimum atomic E-state index is -1.83. The Balaban J connectivity index is 1.73. The Labute approximate surface area is 181 Å². The van der Waals surface area contributed by atoms with E-state index in [1.165, 1.54) is 16.7 Å². The van der Waals surface area contributed by atoms with Gasteiger partial charge in [0, 0.05) is 0 Å². The number of aliphatic hydroxyl groups excluding tert-OH is 3. The van der Waals surface area contributed by atoms with Crippen molar-refractivity contribution in [3.63, 3.8) is 0 Å². The van der Waals surface area contributed by atoms with Gasteiger partial charge in [0.25, 0.3) is 5.56 Å². The summed E-state index contributed by atoms with van der Waals surface area (Å²) in [7, 11) is 0. The molecule has 5 atom stereocenters. The quantitative estimate of drug-likeness (QED) is 0.446. The van der Waals surface area contributed by atoms with Crippen molar-refractivity contribution in [1.29, 1.82) is 0 Å². The summed E-state index contributed by atoms with van der Waals surface area (Å²) in [6, 6.07) is 11.8. The molecule has 0 radical (unpaired) electrons. The van der Waals surface area contributed by atoms with Crippen LogP contribution in [0.3, 0.4) is 0 Å². The lowest BCUT2D eigenvalue weighted by Gasteiger charge is -2.38. The van der Waals surface area contributed by atoms with Crippen LogP contribution in [0.4, 0.5) is 0 Å². The van der Waals surface area contributed by atoms with Crippen LogP contribution in [0.25, 0.3) is 16.6 Å². The lowest BCUT2D eigenvalue weighted by Crippen LogP contribution is -2.61. The zero-order chi connectivity index (χ0) is 23.2. The van der Waals surface area contributed by atoms with Gasteiger partial charge in [0.1, 0.15) is 29.9 Å². The van der Waals surface area contributed by atoms with Gasteiger partial charge >= 0.3 is 5.97 Å². The monoisotopic (exact) mass is 442 g/mol. The van der Waals surface area contributed by atoms with Gasteiger partial charge in [-0.05, 0) is 43.7 Å². The fourth-order valence-corrected chi connectivity index (χ4v) is 3.73. The van der Waals surface area contributed by atoms with Gasteiger partial charge in [-0.25, -0.2) is 9.78 Å². The highest BCUT2D eigenvalue weighted by Gasteiger charge is 2.48. The lowest BCUT2D eigenvalue weighted by atomic mass is 9.99. The summed E-state index contributed by atoms with van der Waals surface area (Å²) in [6.45, 7) is 3.61. The molecule has 168 valence electrons. The summed E-state index contributed by atoms with van der Waals surface area (Å²) in [6.07, 6.45) is -8.70. The second-order valence-electron chi connectivity index (χ2n) is 7.62. The Bertz CT molecular complexity index is 1240. The van der Waals surface area contributed by atoms with E-state index in [1.54, 1.807) is 13.0 Å². The highest BCUT2D eigenvalue weighted by atomic mass is 16.7. The average molecular weight is 442 g/mol. The number of rotatable bonds is 4. The van der Waals surface area contributed by atoms with Crippen LogP contribution in [0.15, 0.2) is 47.3 Å². The summed E-state index contributed by atoms with van der Waals surface area (Å²) < 4.78 is 12.2. The minimum Gasteiger partial charge on any atom is -0.479 e. The first-order chi connectivity index (χ1) is 15.2. The van der Waals surface area contributed by atoms with E-state index in [4.69, 9.17) is 9.47 Å². The predicted octanol–water partition coefficient (Wildman–Crippen LogP) is 0.274. The third-order valence-corrected chi connectivity index (χ3v) is 5.43. The third-order valence-electron chi connectivity index (χ3n) is 5.43. The van der Waals surface area contributed by atoms with Gasteiger partial charge in [-0.3, -0.25) is 9.36 Å². The number of nitrogens with zero attached hydrogens (tertiary/aromatic N) is 2. The molecule has 1 saturated heterocycles. The van der Waals surface area contributed by atoms with Crippen LogP contribution in [0, 0.1) is 13.8 Å². The fraction of sp³-hybridized carbons (Fsp3) is 0.318. The molecule has 0 amide bonds. The number of carboxylic acids is 1. The summed E-state index contributed by atoms with van der Waals surface area (Å²) in [4.78, 5) is 29.1. The third kappa shape index (κ3) is 3.73. The zero-order valence-corrected chi connectivity index (χ0v) is 17.2. The predicted molar refractivity (Wildman–Crippen MR) is 112 cm³/mol. The van der Waals surface area contributed by atoms with Crippen molar-refractivity contribution in [2.45, 2.75) is 44.6 Å². The van der Waals surface area contributed by atoms with Gasteiger partial charge in [0.2, 0.25) is 6.29 Å². The zero-order valence-electron chi connectivity index (χ0n) is 17.2. The van der Waals surface area contributed by atoms with E-state index in [9.17, 15) is 30.0 Å². The molecular formula is C22H22N2O8. The summed E-state index contributed by atoms with van der Waals surface area (Å²) in [5, 5.41) is 39.3. The molecule has 2 heterocycles. The normalized spacial score (nSPS) is 25.6. The number of para-hydroxylation sites is 1. The van der Waals surface area contributed by atoms with E-state index in [1.807, 2.05) is 31.2 Å². The van der Waals surface area contributed by atoms with Gasteiger partial charge in [0.15, 0.2) is 6.10 Å². The summed E-state index contributed by atoms with van der Waals surface area (Å²) >= 11 is 0. The number of aromatic nitrogens is 2. The maximum absolute atomic E-state index is 13.3. The van der Waals surface area contributed by atoms with Crippen molar-refractivity contribution < 1.29 is 34.7 Å². The molecule has 2 aromatic carbocycles. The van der Waals surface area contributed by atoms with Crippen LogP contribution in [0.1, 0.15) is 11.4 Å². The van der Waals surface area contributed by atoms with Gasteiger partial charge in [-0.2, -0.15) is 0 Å². The van der Waals surface area contributed by atoms with Crippen LogP contribution in [-0.2, 0) is 9.53 Å². The number of aliphatic carboxylic acids is 1. The Morgan fingerprint density at radius 3 is 2.47 bits per heavy atom. The van der Waals surface area contributed by atoms with Crippen LogP contribution < -0.4 is 10.3 Å². The number of carbonyl (C=O) groups is 1. The van der Waals surface area contributed by atoms with Crippen molar-refractivity contribution in [2.75, 3.05) is 0 Å². The molecule has 1 aromatic heterocycles. The molecule has 1 aliphatic rings. The number of aryl methyl sites for hydroxylation is 2. The number of carboxylic acid groups (broad SMARTS) is 1. The molecule has 0 spiro atoms. The number of benzene rings is 2. The highest BCUT2D eigenvalue weighted by molar-refractivity contribution is 5.79. The maximum atomic E-state index is 13.3. The Morgan fingerprint density at radius 1 is 1.06 bits per heavy atom. The second kappa shape index (κ2) is 8.32. The number of aliphatic hydroxyl groups is 3. The smallest absolute Gasteiger partial charge is 0.335 e. The second-order valence-corrected chi connectivity index (χ2v) is 7.62. The van der Waals surface area contributed by atoms with Crippen molar-refractivity contribution in [1.82, 2.24) is 9.55 Å². The van der Waals surface area contributed by atoms with Crippen LogP contribution >= 0.6 is 0 Å². The van der Waals surface area contributed by atoms with Crippen LogP contribution in [0.5, 0.6) is 5.75 Å². The molecule has 0 bridgehead atoms. The molecule has 0 aliphatic carbocycles. The molecule has 1 fully saturated rings.